The zero-order chi connectivity index (χ0) is 17.9. The number of carbonyl (C=O) groups is 1. The van der Waals surface area contributed by atoms with E-state index in [1.807, 2.05) is 48.5 Å². The highest BCUT2D eigenvalue weighted by Crippen LogP contribution is 2.19. The number of fused-ring (bicyclic) bond motifs is 1. The topological polar surface area (TPSA) is 59.8 Å². The third-order valence-electron chi connectivity index (χ3n) is 4.09. The lowest BCUT2D eigenvalue weighted by Gasteiger charge is -2.10. The molecule has 0 radical (unpaired) electrons. The van der Waals surface area contributed by atoms with Gasteiger partial charge in [-0.1, -0.05) is 35.9 Å². The molecule has 0 saturated heterocycles. The predicted molar refractivity (Wildman–Crippen MR) is 102 cm³/mol. The zero-order valence-corrected chi connectivity index (χ0v) is 14.5. The Balaban J connectivity index is 1.59. The Labute approximate surface area is 155 Å². The second-order valence-electron chi connectivity index (χ2n) is 5.83. The maximum absolute atomic E-state index is 12.8. The van der Waals surface area contributed by atoms with E-state index in [-0.39, 0.29) is 5.91 Å². The molecule has 4 rings (SSSR count). The fourth-order valence-electron chi connectivity index (χ4n) is 2.81. The summed E-state index contributed by atoms with van der Waals surface area (Å²) < 4.78 is 1.74. The molecule has 0 saturated carbocycles. The molecular formula is C20H15ClN4O. The summed E-state index contributed by atoms with van der Waals surface area (Å²) in [6.45, 7) is 0.539. The number of anilines is 1. The smallest absolute Gasteiger partial charge is 0.257 e. The van der Waals surface area contributed by atoms with E-state index < -0.39 is 0 Å². The van der Waals surface area contributed by atoms with Gasteiger partial charge in [0.1, 0.15) is 5.82 Å². The van der Waals surface area contributed by atoms with E-state index in [1.165, 1.54) is 0 Å². The molecule has 6 heteroatoms. The molecule has 0 aliphatic rings. The summed E-state index contributed by atoms with van der Waals surface area (Å²) in [6, 6.07) is 18.5. The van der Waals surface area contributed by atoms with Crippen LogP contribution in [-0.4, -0.2) is 20.7 Å². The molecule has 1 N–H and O–H groups in total. The van der Waals surface area contributed by atoms with Gasteiger partial charge < -0.3 is 5.32 Å². The van der Waals surface area contributed by atoms with Crippen molar-refractivity contribution >= 4 is 34.2 Å². The minimum atomic E-state index is -0.193. The summed E-state index contributed by atoms with van der Waals surface area (Å²) in [6.07, 6.45) is 3.38. The van der Waals surface area contributed by atoms with Gasteiger partial charge in [-0.3, -0.25) is 9.78 Å². The van der Waals surface area contributed by atoms with Gasteiger partial charge in [0.15, 0.2) is 0 Å². The Morgan fingerprint density at radius 1 is 1.00 bits per heavy atom. The molecule has 0 bridgehead atoms. The molecular weight excluding hydrogens is 348 g/mol. The van der Waals surface area contributed by atoms with Crippen LogP contribution in [0.4, 0.5) is 5.82 Å². The first-order valence-electron chi connectivity index (χ1n) is 8.12. The van der Waals surface area contributed by atoms with Crippen molar-refractivity contribution in [3.05, 3.63) is 89.2 Å². The van der Waals surface area contributed by atoms with Crippen molar-refractivity contribution in [1.82, 2.24) is 14.8 Å². The first-order chi connectivity index (χ1) is 12.7. The Kier molecular flexibility index (Phi) is 4.37. The zero-order valence-electron chi connectivity index (χ0n) is 13.8. The average molecular weight is 363 g/mol. The highest BCUT2D eigenvalue weighted by atomic mass is 35.5. The highest BCUT2D eigenvalue weighted by molar-refractivity contribution is 6.30. The molecule has 0 unspecified atom stereocenters. The number of nitrogens with zero attached hydrogens (tertiary/aromatic N) is 3. The molecule has 0 aliphatic heterocycles. The number of nitrogens with one attached hydrogen (secondary N) is 1. The van der Waals surface area contributed by atoms with E-state index in [0.717, 1.165) is 16.5 Å². The third-order valence-corrected chi connectivity index (χ3v) is 4.35. The first kappa shape index (κ1) is 16.3. The highest BCUT2D eigenvalue weighted by Gasteiger charge is 2.13. The van der Waals surface area contributed by atoms with Crippen molar-refractivity contribution in [2.45, 2.75) is 6.54 Å². The second-order valence-corrected chi connectivity index (χ2v) is 6.27. The molecule has 128 valence electrons. The quantitative estimate of drug-likeness (QED) is 0.586. The molecule has 2 aromatic carbocycles. The van der Waals surface area contributed by atoms with Crippen molar-refractivity contribution < 1.29 is 4.79 Å². The minimum Gasteiger partial charge on any atom is -0.307 e. The van der Waals surface area contributed by atoms with Crippen LogP contribution in [0.3, 0.4) is 0 Å². The monoisotopic (exact) mass is 362 g/mol. The number of aromatic nitrogens is 3. The summed E-state index contributed by atoms with van der Waals surface area (Å²) in [5.74, 6) is 0.437. The molecule has 0 aliphatic carbocycles. The van der Waals surface area contributed by atoms with Crippen LogP contribution in [0.15, 0.2) is 73.1 Å². The summed E-state index contributed by atoms with van der Waals surface area (Å²) >= 11 is 5.92. The van der Waals surface area contributed by atoms with Gasteiger partial charge in [0.2, 0.25) is 0 Å². The number of hydrogen-bond donors (Lipinski definition) is 1. The van der Waals surface area contributed by atoms with Crippen LogP contribution in [0.2, 0.25) is 5.02 Å². The number of rotatable bonds is 4. The van der Waals surface area contributed by atoms with Gasteiger partial charge in [0.05, 0.1) is 18.3 Å². The summed E-state index contributed by atoms with van der Waals surface area (Å²) in [4.78, 5) is 17.1. The van der Waals surface area contributed by atoms with Crippen LogP contribution in [0.25, 0.3) is 10.9 Å². The van der Waals surface area contributed by atoms with E-state index in [0.29, 0.717) is 22.9 Å². The maximum Gasteiger partial charge on any atom is 0.257 e. The molecule has 0 spiro atoms. The van der Waals surface area contributed by atoms with E-state index in [9.17, 15) is 4.79 Å². The number of halogens is 1. The van der Waals surface area contributed by atoms with Gasteiger partial charge in [-0.2, -0.15) is 5.10 Å². The van der Waals surface area contributed by atoms with Crippen LogP contribution >= 0.6 is 11.6 Å². The number of amides is 1. The Bertz CT molecular complexity index is 1070. The van der Waals surface area contributed by atoms with Crippen molar-refractivity contribution in [3.63, 3.8) is 0 Å². The first-order valence-corrected chi connectivity index (χ1v) is 8.50. The Morgan fingerprint density at radius 2 is 1.85 bits per heavy atom. The average Bonchev–Trinajstić information content (AvgIpc) is 3.09. The van der Waals surface area contributed by atoms with E-state index in [4.69, 9.17) is 11.6 Å². The van der Waals surface area contributed by atoms with Crippen LogP contribution in [0.5, 0.6) is 0 Å². The van der Waals surface area contributed by atoms with Gasteiger partial charge in [-0.05, 0) is 35.9 Å². The van der Waals surface area contributed by atoms with Crippen LogP contribution in [0, 0.1) is 0 Å². The largest absolute Gasteiger partial charge is 0.307 e. The van der Waals surface area contributed by atoms with Gasteiger partial charge in [0, 0.05) is 28.2 Å². The number of benzene rings is 2. The molecule has 4 aromatic rings. The van der Waals surface area contributed by atoms with E-state index in [2.05, 4.69) is 15.4 Å². The predicted octanol–water partition coefficient (Wildman–Crippen LogP) is 4.39. The van der Waals surface area contributed by atoms with Gasteiger partial charge in [-0.15, -0.1) is 0 Å². The Morgan fingerprint density at radius 3 is 2.69 bits per heavy atom. The lowest BCUT2D eigenvalue weighted by molar-refractivity contribution is 0.102. The lowest BCUT2D eigenvalue weighted by Crippen LogP contribution is -2.16. The van der Waals surface area contributed by atoms with Crippen molar-refractivity contribution in [3.8, 4) is 0 Å². The minimum absolute atomic E-state index is 0.193. The molecule has 0 atom stereocenters. The summed E-state index contributed by atoms with van der Waals surface area (Å²) in [5, 5.41) is 8.74. The fraction of sp³-hybridized carbons (Fsp3) is 0.0500. The molecule has 26 heavy (non-hydrogen) atoms. The van der Waals surface area contributed by atoms with Crippen LogP contribution in [-0.2, 0) is 6.54 Å². The van der Waals surface area contributed by atoms with Crippen LogP contribution in [0.1, 0.15) is 15.9 Å². The molecule has 1 amide bonds. The van der Waals surface area contributed by atoms with Crippen molar-refractivity contribution in [2.24, 2.45) is 0 Å². The van der Waals surface area contributed by atoms with Gasteiger partial charge in [-0.25, -0.2) is 4.68 Å². The Hall–Kier alpha value is -3.18. The molecule has 5 nitrogen and oxygen atoms in total. The maximum atomic E-state index is 12.8. The van der Waals surface area contributed by atoms with Gasteiger partial charge in [0.25, 0.3) is 5.91 Å². The standard InChI is InChI=1S/C20H15ClN4O/c21-15-8-6-14(7-9-15)13-25-19(10-12-23-25)24-20(26)17-3-1-5-18-16(17)4-2-11-22-18/h1-12H,13H2,(H,24,26). The number of hydrogen-bond acceptors (Lipinski definition) is 3. The number of pyridine rings is 1. The summed E-state index contributed by atoms with van der Waals surface area (Å²) in [7, 11) is 0. The molecule has 2 aromatic heterocycles. The fourth-order valence-corrected chi connectivity index (χ4v) is 2.94. The third kappa shape index (κ3) is 3.30. The summed E-state index contributed by atoms with van der Waals surface area (Å²) in [5.41, 5.74) is 2.41. The SMILES string of the molecule is O=C(Nc1ccnn1Cc1ccc(Cl)cc1)c1cccc2ncccc12. The van der Waals surface area contributed by atoms with Gasteiger partial charge >= 0.3 is 0 Å². The second kappa shape index (κ2) is 6.98. The van der Waals surface area contributed by atoms with Crippen molar-refractivity contribution in [1.29, 1.82) is 0 Å². The van der Waals surface area contributed by atoms with E-state index in [1.54, 1.807) is 29.2 Å². The van der Waals surface area contributed by atoms with Crippen LogP contribution < -0.4 is 5.32 Å². The molecule has 2 heterocycles. The normalized spacial score (nSPS) is 10.8. The molecule has 0 fully saturated rings. The number of carbonyl (C=O) groups excluding carboxylic acids is 1. The lowest BCUT2D eigenvalue weighted by atomic mass is 10.1. The van der Waals surface area contributed by atoms with Crippen molar-refractivity contribution in [2.75, 3.05) is 5.32 Å². The van der Waals surface area contributed by atoms with E-state index >= 15 is 0 Å².